The Balaban J connectivity index is 0.00000200. The van der Waals surface area contributed by atoms with E-state index in [1.807, 2.05) is 0 Å². The van der Waals surface area contributed by atoms with E-state index in [9.17, 15) is 0 Å². The Kier molecular flexibility index (Phi) is 8.27. The fourth-order valence-corrected chi connectivity index (χ4v) is 3.37. The van der Waals surface area contributed by atoms with Crippen molar-refractivity contribution in [2.75, 3.05) is 26.2 Å². The second-order valence-corrected chi connectivity index (χ2v) is 6.98. The lowest BCUT2D eigenvalue weighted by molar-refractivity contribution is 0.0861. The molecule has 0 saturated carbocycles. The van der Waals surface area contributed by atoms with Crippen LogP contribution in [-0.2, 0) is 0 Å². The largest absolute Gasteiger partial charge is 0.314 e. The van der Waals surface area contributed by atoms with E-state index in [0.717, 1.165) is 26.2 Å². The van der Waals surface area contributed by atoms with Crippen molar-refractivity contribution < 1.29 is 0 Å². The van der Waals surface area contributed by atoms with Gasteiger partial charge in [-0.25, -0.2) is 0 Å². The molecule has 1 atom stereocenters. The van der Waals surface area contributed by atoms with Crippen LogP contribution in [-0.4, -0.2) is 31.1 Å². The maximum atomic E-state index is 3.45. The Hall–Kier alpha value is -0.280. The first-order valence-corrected chi connectivity index (χ1v) is 7.41. The monoisotopic (exact) mass is 332 g/mol. The molecule has 2 nitrogen and oxygen atoms in total. The minimum Gasteiger partial charge on any atom is -0.314 e. The van der Waals surface area contributed by atoms with Gasteiger partial charge in [0, 0.05) is 32.2 Å². The highest BCUT2D eigenvalue weighted by molar-refractivity contribution is 5.85. The summed E-state index contributed by atoms with van der Waals surface area (Å²) in [6, 6.07) is 7.50. The molecule has 1 saturated heterocycles. The van der Waals surface area contributed by atoms with Crippen LogP contribution < -0.4 is 5.32 Å². The number of hydrogen-bond donors (Lipinski definition) is 1. The topological polar surface area (TPSA) is 15.3 Å². The zero-order chi connectivity index (χ0) is 14.0. The molecule has 4 heteroatoms. The van der Waals surface area contributed by atoms with Gasteiger partial charge in [-0.15, -0.1) is 24.8 Å². The van der Waals surface area contributed by atoms with Crippen molar-refractivity contribution in [1.82, 2.24) is 10.2 Å². The quantitative estimate of drug-likeness (QED) is 0.875. The Morgan fingerprint density at radius 1 is 0.952 bits per heavy atom. The SMILES string of the molecule is Cc1cc(C)cc([C@H](N2CCNCC2)C(C)(C)C)c1.Cl.Cl. The van der Waals surface area contributed by atoms with Gasteiger partial charge in [-0.1, -0.05) is 50.1 Å². The first kappa shape index (κ1) is 20.7. The van der Waals surface area contributed by atoms with Crippen LogP contribution in [0.5, 0.6) is 0 Å². The Labute approximate surface area is 142 Å². The summed E-state index contributed by atoms with van der Waals surface area (Å²) < 4.78 is 0. The minimum absolute atomic E-state index is 0. The molecular formula is C17H30Cl2N2. The van der Waals surface area contributed by atoms with E-state index in [-0.39, 0.29) is 30.2 Å². The summed E-state index contributed by atoms with van der Waals surface area (Å²) in [5, 5.41) is 3.45. The molecule has 1 fully saturated rings. The van der Waals surface area contributed by atoms with Crippen molar-refractivity contribution in [1.29, 1.82) is 0 Å². The Morgan fingerprint density at radius 2 is 1.43 bits per heavy atom. The molecule has 0 bridgehead atoms. The summed E-state index contributed by atoms with van der Waals surface area (Å²) in [6.45, 7) is 16.0. The van der Waals surface area contributed by atoms with Crippen molar-refractivity contribution in [3.8, 4) is 0 Å². The summed E-state index contributed by atoms with van der Waals surface area (Å²) in [6.07, 6.45) is 0. The molecule has 1 aromatic rings. The van der Waals surface area contributed by atoms with E-state index in [1.54, 1.807) is 0 Å². The van der Waals surface area contributed by atoms with Crippen molar-refractivity contribution in [2.24, 2.45) is 5.41 Å². The predicted octanol–water partition coefficient (Wildman–Crippen LogP) is 4.14. The Bertz CT molecular complexity index is 415. The van der Waals surface area contributed by atoms with Gasteiger partial charge < -0.3 is 5.32 Å². The second kappa shape index (κ2) is 8.38. The molecule has 0 radical (unpaired) electrons. The first-order chi connectivity index (χ1) is 8.88. The Morgan fingerprint density at radius 3 is 1.86 bits per heavy atom. The second-order valence-electron chi connectivity index (χ2n) is 6.98. The maximum Gasteiger partial charge on any atom is 0.0397 e. The molecule has 21 heavy (non-hydrogen) atoms. The highest BCUT2D eigenvalue weighted by atomic mass is 35.5. The normalized spacial score (nSPS) is 17.6. The summed E-state index contributed by atoms with van der Waals surface area (Å²) in [4.78, 5) is 2.64. The first-order valence-electron chi connectivity index (χ1n) is 7.41. The summed E-state index contributed by atoms with van der Waals surface area (Å²) in [5.41, 5.74) is 4.49. The number of benzene rings is 1. The van der Waals surface area contributed by atoms with E-state index >= 15 is 0 Å². The third-order valence-electron chi connectivity index (χ3n) is 3.90. The molecule has 2 rings (SSSR count). The standard InChI is InChI=1S/C17H28N2.2ClH/c1-13-10-14(2)12-15(11-13)16(17(3,4)5)19-8-6-18-7-9-19;;/h10-12,16,18H,6-9H2,1-5H3;2*1H/t16-;;/m0../s1. The highest BCUT2D eigenvalue weighted by Crippen LogP contribution is 2.38. The summed E-state index contributed by atoms with van der Waals surface area (Å²) in [5.74, 6) is 0. The number of hydrogen-bond acceptors (Lipinski definition) is 2. The van der Waals surface area contributed by atoms with Gasteiger partial charge in [-0.3, -0.25) is 4.90 Å². The van der Waals surface area contributed by atoms with Crippen molar-refractivity contribution in [3.05, 3.63) is 34.9 Å². The van der Waals surface area contributed by atoms with Gasteiger partial charge in [0.15, 0.2) is 0 Å². The number of aryl methyl sites for hydroxylation is 2. The molecular weight excluding hydrogens is 303 g/mol. The zero-order valence-corrected chi connectivity index (χ0v) is 15.5. The van der Waals surface area contributed by atoms with Crippen LogP contribution in [0.2, 0.25) is 0 Å². The van der Waals surface area contributed by atoms with Crippen LogP contribution in [0.4, 0.5) is 0 Å². The molecule has 0 aromatic heterocycles. The number of piperazine rings is 1. The number of rotatable bonds is 2. The number of nitrogens with one attached hydrogen (secondary N) is 1. The molecule has 0 amide bonds. The van der Waals surface area contributed by atoms with Gasteiger partial charge in [-0.05, 0) is 24.8 Å². The molecule has 0 aliphatic carbocycles. The third kappa shape index (κ3) is 5.45. The average Bonchev–Trinajstić information content (AvgIpc) is 2.27. The maximum absolute atomic E-state index is 3.45. The van der Waals surface area contributed by atoms with Gasteiger partial charge in [0.1, 0.15) is 0 Å². The van der Waals surface area contributed by atoms with Gasteiger partial charge >= 0.3 is 0 Å². The molecule has 1 aliphatic heterocycles. The van der Waals surface area contributed by atoms with Crippen LogP contribution in [0.15, 0.2) is 18.2 Å². The number of halogens is 2. The smallest absolute Gasteiger partial charge is 0.0397 e. The predicted molar refractivity (Wildman–Crippen MR) is 97.1 cm³/mol. The molecule has 1 aliphatic rings. The van der Waals surface area contributed by atoms with Crippen LogP contribution in [0.3, 0.4) is 0 Å². The van der Waals surface area contributed by atoms with E-state index in [0.29, 0.717) is 6.04 Å². The molecule has 0 spiro atoms. The minimum atomic E-state index is 0. The molecule has 1 N–H and O–H groups in total. The van der Waals surface area contributed by atoms with Crippen LogP contribution in [0.1, 0.15) is 43.5 Å². The van der Waals surface area contributed by atoms with Gasteiger partial charge in [-0.2, -0.15) is 0 Å². The van der Waals surface area contributed by atoms with Crippen molar-refractivity contribution in [2.45, 2.75) is 40.7 Å². The van der Waals surface area contributed by atoms with Gasteiger partial charge in [0.25, 0.3) is 0 Å². The van der Waals surface area contributed by atoms with E-state index in [1.165, 1.54) is 16.7 Å². The lowest BCUT2D eigenvalue weighted by Gasteiger charge is -2.43. The molecule has 0 unspecified atom stereocenters. The van der Waals surface area contributed by atoms with E-state index < -0.39 is 0 Å². The van der Waals surface area contributed by atoms with Crippen LogP contribution in [0, 0.1) is 19.3 Å². The van der Waals surface area contributed by atoms with Crippen molar-refractivity contribution in [3.63, 3.8) is 0 Å². The van der Waals surface area contributed by atoms with Crippen LogP contribution >= 0.6 is 24.8 Å². The summed E-state index contributed by atoms with van der Waals surface area (Å²) in [7, 11) is 0. The highest BCUT2D eigenvalue weighted by Gasteiger charge is 2.32. The van der Waals surface area contributed by atoms with Gasteiger partial charge in [0.2, 0.25) is 0 Å². The zero-order valence-electron chi connectivity index (χ0n) is 13.9. The summed E-state index contributed by atoms with van der Waals surface area (Å²) >= 11 is 0. The molecule has 122 valence electrons. The van der Waals surface area contributed by atoms with E-state index in [2.05, 4.69) is 63.0 Å². The van der Waals surface area contributed by atoms with E-state index in [4.69, 9.17) is 0 Å². The third-order valence-corrected chi connectivity index (χ3v) is 3.90. The number of nitrogens with zero attached hydrogens (tertiary/aromatic N) is 1. The fraction of sp³-hybridized carbons (Fsp3) is 0.647. The van der Waals surface area contributed by atoms with Crippen LogP contribution in [0.25, 0.3) is 0 Å². The fourth-order valence-electron chi connectivity index (χ4n) is 3.37. The average molecular weight is 333 g/mol. The molecule has 1 heterocycles. The molecule has 1 aromatic carbocycles. The van der Waals surface area contributed by atoms with Crippen molar-refractivity contribution >= 4 is 24.8 Å². The lowest BCUT2D eigenvalue weighted by atomic mass is 9.80. The van der Waals surface area contributed by atoms with Gasteiger partial charge in [0.05, 0.1) is 0 Å². The lowest BCUT2D eigenvalue weighted by Crippen LogP contribution is -2.48.